The molecule has 17 heavy (non-hydrogen) atoms. The van der Waals surface area contributed by atoms with Crippen LogP contribution in [0.4, 0.5) is 18.9 Å². The fraction of sp³-hybridized carbons (Fsp3) is 0.364. The van der Waals surface area contributed by atoms with E-state index in [0.717, 1.165) is 0 Å². The highest BCUT2D eigenvalue weighted by Gasteiger charge is 2.63. The number of aromatic carboxylic acids is 1. The van der Waals surface area contributed by atoms with Gasteiger partial charge in [0.25, 0.3) is 0 Å². The van der Waals surface area contributed by atoms with Gasteiger partial charge in [0, 0.05) is 5.69 Å². The lowest BCUT2D eigenvalue weighted by atomic mass is 10.2. The molecule has 0 unspecified atom stereocenters. The lowest BCUT2D eigenvalue weighted by Gasteiger charge is -2.21. The van der Waals surface area contributed by atoms with Crippen LogP contribution < -0.4 is 5.32 Å². The van der Waals surface area contributed by atoms with E-state index in [9.17, 15) is 18.0 Å². The second kappa shape index (κ2) is 3.65. The molecule has 1 aromatic carbocycles. The first-order chi connectivity index (χ1) is 7.84. The van der Waals surface area contributed by atoms with E-state index in [4.69, 9.17) is 5.11 Å². The molecule has 1 saturated carbocycles. The van der Waals surface area contributed by atoms with Gasteiger partial charge in [-0.1, -0.05) is 0 Å². The van der Waals surface area contributed by atoms with Gasteiger partial charge in [0.15, 0.2) is 0 Å². The number of carboxylic acid groups (broad SMARTS) is 1. The zero-order chi connectivity index (χ0) is 12.7. The quantitative estimate of drug-likeness (QED) is 0.860. The van der Waals surface area contributed by atoms with Crippen molar-refractivity contribution >= 4 is 11.7 Å². The average Bonchev–Trinajstić information content (AvgIpc) is 2.98. The van der Waals surface area contributed by atoms with Crippen LogP contribution in [0.2, 0.25) is 0 Å². The van der Waals surface area contributed by atoms with Crippen molar-refractivity contribution in [3.05, 3.63) is 29.8 Å². The predicted molar refractivity (Wildman–Crippen MR) is 55.0 cm³/mol. The molecule has 0 amide bonds. The van der Waals surface area contributed by atoms with E-state index in [0.29, 0.717) is 0 Å². The number of anilines is 1. The Morgan fingerprint density at radius 2 is 1.76 bits per heavy atom. The summed E-state index contributed by atoms with van der Waals surface area (Å²) >= 11 is 0. The van der Waals surface area contributed by atoms with Crippen LogP contribution in [0.1, 0.15) is 23.2 Å². The minimum absolute atomic E-state index is 0.0485. The van der Waals surface area contributed by atoms with E-state index in [1.165, 1.54) is 24.3 Å². The van der Waals surface area contributed by atoms with Gasteiger partial charge < -0.3 is 10.4 Å². The van der Waals surface area contributed by atoms with Crippen molar-refractivity contribution in [3.63, 3.8) is 0 Å². The van der Waals surface area contributed by atoms with Crippen LogP contribution in [-0.2, 0) is 0 Å². The van der Waals surface area contributed by atoms with Crippen molar-refractivity contribution in [2.24, 2.45) is 0 Å². The summed E-state index contributed by atoms with van der Waals surface area (Å²) in [6.45, 7) is 0. The molecule has 6 heteroatoms. The third kappa shape index (κ3) is 2.20. The fourth-order valence-electron chi connectivity index (χ4n) is 1.58. The zero-order valence-electron chi connectivity index (χ0n) is 8.71. The van der Waals surface area contributed by atoms with E-state index in [1.807, 2.05) is 0 Å². The Morgan fingerprint density at radius 1 is 1.24 bits per heavy atom. The smallest absolute Gasteiger partial charge is 0.411 e. The number of halogens is 3. The largest absolute Gasteiger partial charge is 0.478 e. The monoisotopic (exact) mass is 245 g/mol. The first kappa shape index (κ1) is 11.8. The highest BCUT2D eigenvalue weighted by Crippen LogP contribution is 2.51. The number of hydrogen-bond donors (Lipinski definition) is 2. The minimum atomic E-state index is -4.28. The van der Waals surface area contributed by atoms with Gasteiger partial charge in [0.05, 0.1) is 5.56 Å². The molecule has 1 aliphatic carbocycles. The molecule has 0 aliphatic heterocycles. The Bertz CT molecular complexity index is 435. The lowest BCUT2D eigenvalue weighted by Crippen LogP contribution is -2.38. The summed E-state index contributed by atoms with van der Waals surface area (Å²) in [6.07, 6.45) is -4.17. The maximum Gasteiger partial charge on any atom is 0.411 e. The third-order valence-electron chi connectivity index (χ3n) is 2.81. The zero-order valence-corrected chi connectivity index (χ0v) is 8.71. The first-order valence-electron chi connectivity index (χ1n) is 5.02. The lowest BCUT2D eigenvalue weighted by molar-refractivity contribution is -0.151. The molecule has 0 aromatic heterocycles. The standard InChI is InChI=1S/C11H10F3NO2/c12-11(13,14)10(5-6-10)15-8-3-1-7(2-4-8)9(16)17/h1-4,15H,5-6H2,(H,16,17). The predicted octanol–water partition coefficient (Wildman–Crippen LogP) is 2.89. The number of rotatable bonds is 3. The van der Waals surface area contributed by atoms with Crippen LogP contribution in [0.5, 0.6) is 0 Å². The molecule has 0 spiro atoms. The van der Waals surface area contributed by atoms with Crippen molar-refractivity contribution < 1.29 is 23.1 Å². The summed E-state index contributed by atoms with van der Waals surface area (Å²) in [4.78, 5) is 10.6. The molecule has 0 heterocycles. The van der Waals surface area contributed by atoms with E-state index in [-0.39, 0.29) is 24.1 Å². The van der Waals surface area contributed by atoms with Crippen molar-refractivity contribution in [2.75, 3.05) is 5.32 Å². The van der Waals surface area contributed by atoms with Crippen LogP contribution >= 0.6 is 0 Å². The van der Waals surface area contributed by atoms with Crippen molar-refractivity contribution in [3.8, 4) is 0 Å². The van der Waals surface area contributed by atoms with Gasteiger partial charge in [0.1, 0.15) is 5.54 Å². The van der Waals surface area contributed by atoms with E-state index >= 15 is 0 Å². The normalized spacial score (nSPS) is 17.6. The topological polar surface area (TPSA) is 49.3 Å². The summed E-state index contributed by atoms with van der Waals surface area (Å²) in [7, 11) is 0. The number of carbonyl (C=O) groups is 1. The van der Waals surface area contributed by atoms with Crippen LogP contribution in [-0.4, -0.2) is 22.8 Å². The van der Waals surface area contributed by atoms with E-state index in [1.54, 1.807) is 0 Å². The van der Waals surface area contributed by atoms with Crippen molar-refractivity contribution in [1.29, 1.82) is 0 Å². The number of alkyl halides is 3. The van der Waals surface area contributed by atoms with Crippen molar-refractivity contribution in [1.82, 2.24) is 0 Å². The highest BCUT2D eigenvalue weighted by molar-refractivity contribution is 5.88. The molecule has 3 nitrogen and oxygen atoms in total. The molecular formula is C11H10F3NO2. The Hall–Kier alpha value is -1.72. The fourth-order valence-corrected chi connectivity index (χ4v) is 1.58. The Morgan fingerprint density at radius 3 is 2.12 bits per heavy atom. The van der Waals surface area contributed by atoms with Crippen LogP contribution in [0.3, 0.4) is 0 Å². The van der Waals surface area contributed by atoms with Gasteiger partial charge in [-0.15, -0.1) is 0 Å². The number of carboxylic acids is 1. The van der Waals surface area contributed by atoms with Crippen molar-refractivity contribution in [2.45, 2.75) is 24.6 Å². The Labute approximate surface area is 95.3 Å². The van der Waals surface area contributed by atoms with Crippen LogP contribution in [0, 0.1) is 0 Å². The molecule has 1 aliphatic rings. The van der Waals surface area contributed by atoms with Crippen LogP contribution in [0.25, 0.3) is 0 Å². The summed E-state index contributed by atoms with van der Waals surface area (Å²) in [5.41, 5.74) is -1.49. The molecule has 0 atom stereocenters. The maximum atomic E-state index is 12.6. The molecule has 92 valence electrons. The maximum absolute atomic E-state index is 12.6. The highest BCUT2D eigenvalue weighted by atomic mass is 19.4. The van der Waals surface area contributed by atoms with Gasteiger partial charge in [-0.05, 0) is 37.1 Å². The van der Waals surface area contributed by atoms with Gasteiger partial charge in [-0.3, -0.25) is 0 Å². The molecule has 1 aromatic rings. The second-order valence-electron chi connectivity index (χ2n) is 4.09. The Balaban J connectivity index is 2.13. The molecule has 2 N–H and O–H groups in total. The molecule has 0 saturated heterocycles. The summed E-state index contributed by atoms with van der Waals surface area (Å²) in [6, 6.07) is 5.23. The second-order valence-corrected chi connectivity index (χ2v) is 4.09. The van der Waals surface area contributed by atoms with Gasteiger partial charge >= 0.3 is 12.1 Å². The third-order valence-corrected chi connectivity index (χ3v) is 2.81. The van der Waals surface area contributed by atoms with Gasteiger partial charge in [0.2, 0.25) is 0 Å². The number of hydrogen-bond acceptors (Lipinski definition) is 2. The van der Waals surface area contributed by atoms with Crippen LogP contribution in [0.15, 0.2) is 24.3 Å². The van der Waals surface area contributed by atoms with Gasteiger partial charge in [-0.2, -0.15) is 13.2 Å². The first-order valence-corrected chi connectivity index (χ1v) is 5.02. The molecule has 1 fully saturated rings. The van der Waals surface area contributed by atoms with E-state index in [2.05, 4.69) is 5.32 Å². The molecule has 2 rings (SSSR count). The molecular weight excluding hydrogens is 235 g/mol. The molecule has 0 radical (unpaired) electrons. The summed E-state index contributed by atoms with van der Waals surface area (Å²) in [5, 5.41) is 11.1. The summed E-state index contributed by atoms with van der Waals surface area (Å²) in [5.74, 6) is -1.10. The summed E-state index contributed by atoms with van der Waals surface area (Å²) < 4.78 is 37.9. The Kier molecular flexibility index (Phi) is 2.52. The average molecular weight is 245 g/mol. The van der Waals surface area contributed by atoms with Gasteiger partial charge in [-0.25, -0.2) is 4.79 Å². The SMILES string of the molecule is O=C(O)c1ccc(NC2(C(F)(F)F)CC2)cc1. The van der Waals surface area contributed by atoms with E-state index < -0.39 is 17.7 Å². The number of nitrogens with one attached hydrogen (secondary N) is 1. The molecule has 0 bridgehead atoms. The number of benzene rings is 1. The minimum Gasteiger partial charge on any atom is -0.478 e.